The molecule has 0 unspecified atom stereocenters. The van der Waals surface area contributed by atoms with Crippen molar-refractivity contribution in [2.24, 2.45) is 14.1 Å². The fourth-order valence-corrected chi connectivity index (χ4v) is 1.69. The molecule has 0 aliphatic rings. The maximum atomic E-state index is 12.1. The second kappa shape index (κ2) is 5.55. The van der Waals surface area contributed by atoms with Crippen LogP contribution in [-0.4, -0.2) is 37.8 Å². The minimum Gasteiger partial charge on any atom is -0.462 e. The smallest absolute Gasteiger partial charge is 0.343 e. The van der Waals surface area contributed by atoms with Gasteiger partial charge in [-0.15, -0.1) is 0 Å². The molecule has 0 aliphatic heterocycles. The minimum atomic E-state index is -0.532. The van der Waals surface area contributed by atoms with Crippen molar-refractivity contribution in [2.75, 3.05) is 11.9 Å². The zero-order valence-electron chi connectivity index (χ0n) is 11.5. The van der Waals surface area contributed by atoms with E-state index >= 15 is 0 Å². The summed E-state index contributed by atoms with van der Waals surface area (Å²) in [4.78, 5) is 27.8. The maximum absolute atomic E-state index is 12.1. The number of hydrogen-bond donors (Lipinski definition) is 1. The highest BCUT2D eigenvalue weighted by Gasteiger charge is 2.21. The van der Waals surface area contributed by atoms with Crippen LogP contribution in [0.5, 0.6) is 0 Å². The van der Waals surface area contributed by atoms with Crippen LogP contribution in [0.2, 0.25) is 0 Å². The standard InChI is InChI=1S/C12H15N5O3/c1-4-20-12(19)8-7-14-17(3)9(8)15-11(18)10-13-5-6-16(10)2/h5-7H,4H2,1-3H3,(H,15,18). The maximum Gasteiger partial charge on any atom is 0.343 e. The third-order valence-corrected chi connectivity index (χ3v) is 2.69. The fraction of sp³-hybridized carbons (Fsp3) is 0.333. The molecule has 0 bridgehead atoms. The van der Waals surface area contributed by atoms with Crippen molar-refractivity contribution in [3.8, 4) is 0 Å². The van der Waals surface area contributed by atoms with Crippen molar-refractivity contribution in [1.29, 1.82) is 0 Å². The van der Waals surface area contributed by atoms with Gasteiger partial charge in [0.25, 0.3) is 5.91 Å². The summed E-state index contributed by atoms with van der Waals surface area (Å²) >= 11 is 0. The van der Waals surface area contributed by atoms with Crippen molar-refractivity contribution in [1.82, 2.24) is 19.3 Å². The molecule has 2 heterocycles. The van der Waals surface area contributed by atoms with Gasteiger partial charge in [0.05, 0.1) is 12.8 Å². The first-order valence-electron chi connectivity index (χ1n) is 6.02. The molecule has 0 aliphatic carbocycles. The van der Waals surface area contributed by atoms with Gasteiger partial charge in [0, 0.05) is 26.5 Å². The number of nitrogens with zero attached hydrogens (tertiary/aromatic N) is 4. The second-order valence-electron chi connectivity index (χ2n) is 4.07. The number of ether oxygens (including phenoxy) is 1. The van der Waals surface area contributed by atoms with Gasteiger partial charge in [0.1, 0.15) is 11.4 Å². The van der Waals surface area contributed by atoms with Gasteiger partial charge in [0.2, 0.25) is 0 Å². The molecule has 106 valence electrons. The van der Waals surface area contributed by atoms with Crippen molar-refractivity contribution >= 4 is 17.7 Å². The summed E-state index contributed by atoms with van der Waals surface area (Å²) in [6.45, 7) is 1.96. The van der Waals surface area contributed by atoms with Crippen LogP contribution < -0.4 is 5.32 Å². The number of amides is 1. The number of carbonyl (C=O) groups excluding carboxylic acids is 2. The first-order chi connectivity index (χ1) is 9.54. The molecular formula is C12H15N5O3. The summed E-state index contributed by atoms with van der Waals surface area (Å²) in [5, 5.41) is 6.57. The Morgan fingerprint density at radius 1 is 1.40 bits per heavy atom. The lowest BCUT2D eigenvalue weighted by Crippen LogP contribution is -2.20. The van der Waals surface area contributed by atoms with Crippen molar-refractivity contribution < 1.29 is 14.3 Å². The molecule has 0 aromatic carbocycles. The number of aryl methyl sites for hydroxylation is 2. The number of esters is 1. The molecule has 0 spiro atoms. The van der Waals surface area contributed by atoms with Crippen LogP contribution in [-0.2, 0) is 18.8 Å². The van der Waals surface area contributed by atoms with E-state index in [1.807, 2.05) is 0 Å². The Bertz CT molecular complexity index is 643. The molecule has 0 saturated heterocycles. The van der Waals surface area contributed by atoms with E-state index in [0.29, 0.717) is 0 Å². The zero-order valence-corrected chi connectivity index (χ0v) is 11.5. The molecule has 0 radical (unpaired) electrons. The third-order valence-electron chi connectivity index (χ3n) is 2.69. The Kier molecular flexibility index (Phi) is 3.83. The van der Waals surface area contributed by atoms with Crippen molar-refractivity contribution in [3.63, 3.8) is 0 Å². The lowest BCUT2D eigenvalue weighted by atomic mass is 10.3. The Hall–Kier alpha value is -2.64. The summed E-state index contributed by atoms with van der Waals surface area (Å²) in [5.74, 6) is -0.445. The van der Waals surface area contributed by atoms with E-state index in [2.05, 4.69) is 15.4 Å². The molecule has 0 atom stereocenters. The van der Waals surface area contributed by atoms with E-state index in [1.54, 1.807) is 31.8 Å². The lowest BCUT2D eigenvalue weighted by molar-refractivity contribution is 0.0527. The van der Waals surface area contributed by atoms with Gasteiger partial charge in [0.15, 0.2) is 5.82 Å². The molecule has 20 heavy (non-hydrogen) atoms. The van der Waals surface area contributed by atoms with E-state index < -0.39 is 11.9 Å². The first kappa shape index (κ1) is 13.8. The summed E-state index contributed by atoms with van der Waals surface area (Å²) in [6.07, 6.45) is 4.53. The van der Waals surface area contributed by atoms with Gasteiger partial charge < -0.3 is 14.6 Å². The average Bonchev–Trinajstić information content (AvgIpc) is 2.97. The molecule has 0 fully saturated rings. The van der Waals surface area contributed by atoms with Crippen LogP contribution >= 0.6 is 0 Å². The minimum absolute atomic E-state index is 0.205. The summed E-state index contributed by atoms with van der Waals surface area (Å²) in [7, 11) is 3.33. The van der Waals surface area contributed by atoms with E-state index in [4.69, 9.17) is 4.74 Å². The number of hydrogen-bond acceptors (Lipinski definition) is 5. The second-order valence-corrected chi connectivity index (χ2v) is 4.07. The van der Waals surface area contributed by atoms with Gasteiger partial charge in [-0.3, -0.25) is 9.48 Å². The number of aromatic nitrogens is 4. The number of rotatable bonds is 4. The Morgan fingerprint density at radius 2 is 2.15 bits per heavy atom. The molecule has 2 aromatic heterocycles. The highest BCUT2D eigenvalue weighted by Crippen LogP contribution is 2.16. The zero-order chi connectivity index (χ0) is 14.7. The summed E-state index contributed by atoms with van der Waals surface area (Å²) in [6, 6.07) is 0. The fourth-order valence-electron chi connectivity index (χ4n) is 1.69. The predicted octanol–water partition coefficient (Wildman–Crippen LogP) is 0.583. The van der Waals surface area contributed by atoms with Crippen LogP contribution in [0.4, 0.5) is 5.82 Å². The molecule has 2 rings (SSSR count). The summed E-state index contributed by atoms with van der Waals surface area (Å²) < 4.78 is 7.89. The van der Waals surface area contributed by atoms with Gasteiger partial charge in [-0.2, -0.15) is 5.10 Å². The van der Waals surface area contributed by atoms with Gasteiger partial charge >= 0.3 is 5.97 Å². The molecule has 8 heteroatoms. The molecule has 0 saturated carbocycles. The summed E-state index contributed by atoms with van der Waals surface area (Å²) in [5.41, 5.74) is 0.205. The number of imidazole rings is 1. The quantitative estimate of drug-likeness (QED) is 0.825. The van der Waals surface area contributed by atoms with Crippen molar-refractivity contribution in [2.45, 2.75) is 6.92 Å². The predicted molar refractivity (Wildman–Crippen MR) is 70.3 cm³/mol. The Balaban J connectivity index is 2.25. The van der Waals surface area contributed by atoms with Crippen molar-refractivity contribution in [3.05, 3.63) is 30.0 Å². The SMILES string of the molecule is CCOC(=O)c1cnn(C)c1NC(=O)c1nccn1C. The highest BCUT2D eigenvalue weighted by atomic mass is 16.5. The number of nitrogens with one attached hydrogen (secondary N) is 1. The first-order valence-corrected chi connectivity index (χ1v) is 6.02. The van der Waals surface area contributed by atoms with Gasteiger partial charge in [-0.25, -0.2) is 9.78 Å². The monoisotopic (exact) mass is 277 g/mol. The Morgan fingerprint density at radius 3 is 2.75 bits per heavy atom. The molecule has 1 N–H and O–H groups in total. The van der Waals surface area contributed by atoms with Crippen LogP contribution in [0.15, 0.2) is 18.6 Å². The largest absolute Gasteiger partial charge is 0.462 e. The van der Waals surface area contributed by atoms with Gasteiger partial charge in [-0.05, 0) is 6.92 Å². The van der Waals surface area contributed by atoms with E-state index in [1.165, 1.54) is 17.1 Å². The topological polar surface area (TPSA) is 91.0 Å². The Labute approximate surface area is 115 Å². The third kappa shape index (κ3) is 2.53. The molecule has 8 nitrogen and oxygen atoms in total. The van der Waals surface area contributed by atoms with Gasteiger partial charge in [-0.1, -0.05) is 0 Å². The van der Waals surface area contributed by atoms with E-state index in [0.717, 1.165) is 0 Å². The highest BCUT2D eigenvalue weighted by molar-refractivity contribution is 6.05. The number of carbonyl (C=O) groups is 2. The van der Waals surface area contributed by atoms with Crippen LogP contribution in [0, 0.1) is 0 Å². The molecular weight excluding hydrogens is 262 g/mol. The average molecular weight is 277 g/mol. The van der Waals surface area contributed by atoms with Crippen LogP contribution in [0.1, 0.15) is 27.9 Å². The molecule has 1 amide bonds. The molecule has 2 aromatic rings. The van der Waals surface area contributed by atoms with Crippen LogP contribution in [0.25, 0.3) is 0 Å². The normalized spacial score (nSPS) is 10.3. The number of anilines is 1. The van der Waals surface area contributed by atoms with Crippen LogP contribution in [0.3, 0.4) is 0 Å². The van der Waals surface area contributed by atoms with E-state index in [-0.39, 0.29) is 23.8 Å². The van der Waals surface area contributed by atoms with E-state index in [9.17, 15) is 9.59 Å². The lowest BCUT2D eigenvalue weighted by Gasteiger charge is -2.08.